The van der Waals surface area contributed by atoms with Gasteiger partial charge in [0.15, 0.2) is 11.5 Å². The van der Waals surface area contributed by atoms with E-state index in [9.17, 15) is 4.79 Å². The molecule has 0 aliphatic heterocycles. The van der Waals surface area contributed by atoms with Crippen LogP contribution in [0.25, 0.3) is 0 Å². The second-order valence-electron chi connectivity index (χ2n) is 4.17. The van der Waals surface area contributed by atoms with Gasteiger partial charge in [0, 0.05) is 6.42 Å². The molecule has 0 spiro atoms. The second kappa shape index (κ2) is 6.90. The summed E-state index contributed by atoms with van der Waals surface area (Å²) >= 11 is 0. The van der Waals surface area contributed by atoms with Gasteiger partial charge in [-0.15, -0.1) is 0 Å². The molecule has 1 unspecified atom stereocenters. The number of Topliss-reactive ketones (excluding diaryl/α,β-unsaturated/α-hetero) is 1. The number of hydrogen-bond donors (Lipinski definition) is 1. The number of carbonyl (C=O) groups is 1. The lowest BCUT2D eigenvalue weighted by Crippen LogP contribution is -2.50. The number of hydrogen-bond acceptors (Lipinski definition) is 4. The predicted octanol–water partition coefficient (Wildman–Crippen LogP) is 2.14. The third-order valence-corrected chi connectivity index (χ3v) is 2.63. The van der Waals surface area contributed by atoms with E-state index in [0.717, 1.165) is 5.56 Å². The first-order valence-electron chi connectivity index (χ1n) is 5.99. The van der Waals surface area contributed by atoms with Crippen LogP contribution in [-0.4, -0.2) is 11.5 Å². The van der Waals surface area contributed by atoms with Crippen LogP contribution in [0.4, 0.5) is 0 Å². The van der Waals surface area contributed by atoms with Crippen molar-refractivity contribution in [1.82, 2.24) is 0 Å². The zero-order valence-corrected chi connectivity index (χ0v) is 10.6. The minimum atomic E-state index is -1.49. The maximum atomic E-state index is 11.9. The fraction of sp³-hybridized carbons (Fsp3) is 0.429. The topological polar surface area (TPSA) is 76.1 Å². The fourth-order valence-corrected chi connectivity index (χ4v) is 1.57. The van der Waals surface area contributed by atoms with Crippen LogP contribution >= 0.6 is 0 Å². The van der Waals surface area contributed by atoms with E-state index in [1.54, 1.807) is 0 Å². The van der Waals surface area contributed by atoms with Gasteiger partial charge in [-0.05, 0) is 12.0 Å². The molecule has 4 nitrogen and oxygen atoms in total. The summed E-state index contributed by atoms with van der Waals surface area (Å²) in [6, 6.07) is 11.4. The Morgan fingerprint density at radius 1 is 1.44 bits per heavy atom. The second-order valence-corrected chi connectivity index (χ2v) is 4.17. The zero-order chi connectivity index (χ0) is 13.4. The first kappa shape index (κ1) is 14.4. The van der Waals surface area contributed by atoms with Crippen molar-refractivity contribution in [2.24, 2.45) is 5.73 Å². The quantitative estimate of drug-likeness (QED) is 0.748. The Morgan fingerprint density at radius 3 is 2.67 bits per heavy atom. The van der Waals surface area contributed by atoms with Crippen LogP contribution in [0.2, 0.25) is 0 Å². The smallest absolute Gasteiger partial charge is 0.189 e. The molecular formula is C14H18N2O2. The van der Waals surface area contributed by atoms with Gasteiger partial charge in [-0.3, -0.25) is 10.5 Å². The van der Waals surface area contributed by atoms with Gasteiger partial charge in [0.2, 0.25) is 0 Å². The van der Waals surface area contributed by atoms with Crippen LogP contribution in [0, 0.1) is 11.3 Å². The van der Waals surface area contributed by atoms with E-state index in [1.165, 1.54) is 0 Å². The molecule has 1 rings (SSSR count). The summed E-state index contributed by atoms with van der Waals surface area (Å²) in [6.07, 6.45) is 0.892. The normalized spacial score (nSPS) is 13.6. The molecule has 0 saturated carbocycles. The molecule has 0 amide bonds. The maximum Gasteiger partial charge on any atom is 0.189 e. The molecule has 2 N–H and O–H groups in total. The Balaban J connectivity index is 2.68. The molecule has 1 aromatic carbocycles. The highest BCUT2D eigenvalue weighted by atomic mass is 16.5. The van der Waals surface area contributed by atoms with Gasteiger partial charge < -0.3 is 4.74 Å². The van der Waals surface area contributed by atoms with Crippen LogP contribution in [0.1, 0.15) is 31.7 Å². The number of ketones is 1. The minimum absolute atomic E-state index is 0.126. The van der Waals surface area contributed by atoms with Crippen molar-refractivity contribution in [2.45, 2.75) is 38.5 Å². The number of nitrogens with zero attached hydrogens (tertiary/aromatic N) is 1. The molecule has 0 fully saturated rings. The summed E-state index contributed by atoms with van der Waals surface area (Å²) in [5, 5.41) is 8.75. The van der Waals surface area contributed by atoms with Crippen molar-refractivity contribution in [3.8, 4) is 6.07 Å². The van der Waals surface area contributed by atoms with Crippen molar-refractivity contribution >= 4 is 5.78 Å². The average Bonchev–Trinajstić information content (AvgIpc) is 2.38. The van der Waals surface area contributed by atoms with Gasteiger partial charge in [0.25, 0.3) is 0 Å². The van der Waals surface area contributed by atoms with Crippen LogP contribution in [-0.2, 0) is 16.1 Å². The van der Waals surface area contributed by atoms with Gasteiger partial charge in [-0.1, -0.05) is 37.3 Å². The monoisotopic (exact) mass is 246 g/mol. The van der Waals surface area contributed by atoms with Crippen molar-refractivity contribution in [1.29, 1.82) is 5.26 Å². The van der Waals surface area contributed by atoms with E-state index < -0.39 is 5.72 Å². The highest BCUT2D eigenvalue weighted by Crippen LogP contribution is 2.16. The molecule has 0 bridgehead atoms. The van der Waals surface area contributed by atoms with Crippen LogP contribution < -0.4 is 5.73 Å². The van der Waals surface area contributed by atoms with E-state index in [-0.39, 0.29) is 18.8 Å². The van der Waals surface area contributed by atoms with Crippen LogP contribution in [0.5, 0.6) is 0 Å². The first-order valence-corrected chi connectivity index (χ1v) is 5.99. The minimum Gasteiger partial charge on any atom is -0.348 e. The molecule has 1 aromatic rings. The lowest BCUT2D eigenvalue weighted by molar-refractivity contribution is -0.145. The maximum absolute atomic E-state index is 11.9. The van der Waals surface area contributed by atoms with Gasteiger partial charge in [0.1, 0.15) is 0 Å². The Morgan fingerprint density at radius 2 is 2.11 bits per heavy atom. The summed E-state index contributed by atoms with van der Waals surface area (Å²) < 4.78 is 5.48. The summed E-state index contributed by atoms with van der Waals surface area (Å²) in [6.45, 7) is 2.12. The van der Waals surface area contributed by atoms with E-state index in [2.05, 4.69) is 0 Å². The Hall–Kier alpha value is -1.70. The highest BCUT2D eigenvalue weighted by molar-refractivity contribution is 5.86. The molecule has 96 valence electrons. The van der Waals surface area contributed by atoms with Crippen molar-refractivity contribution < 1.29 is 9.53 Å². The lowest BCUT2D eigenvalue weighted by atomic mass is 10.0. The van der Waals surface area contributed by atoms with Crippen LogP contribution in [0.15, 0.2) is 30.3 Å². The Bertz CT molecular complexity index is 425. The SMILES string of the molecule is CCCC(=O)C(N)(CC#N)OCc1ccccc1. The van der Waals surface area contributed by atoms with Gasteiger partial charge >= 0.3 is 0 Å². The van der Waals surface area contributed by atoms with Gasteiger partial charge in [-0.25, -0.2) is 0 Å². The Labute approximate surface area is 107 Å². The third kappa shape index (κ3) is 3.95. The predicted molar refractivity (Wildman–Crippen MR) is 68.3 cm³/mol. The van der Waals surface area contributed by atoms with E-state index >= 15 is 0 Å². The molecule has 0 aliphatic carbocycles. The first-order chi connectivity index (χ1) is 8.62. The summed E-state index contributed by atoms with van der Waals surface area (Å²) in [5.74, 6) is -0.220. The van der Waals surface area contributed by atoms with Crippen LogP contribution in [0.3, 0.4) is 0 Å². The summed E-state index contributed by atoms with van der Waals surface area (Å²) in [4.78, 5) is 11.9. The zero-order valence-electron chi connectivity index (χ0n) is 10.6. The summed E-state index contributed by atoms with van der Waals surface area (Å²) in [7, 11) is 0. The standard InChI is InChI=1S/C14H18N2O2/c1-2-6-13(17)14(16,9-10-15)18-11-12-7-4-3-5-8-12/h3-5,7-8H,2,6,9,11,16H2,1H3. The Kier molecular flexibility index (Phi) is 5.50. The van der Waals surface area contributed by atoms with Gasteiger partial charge in [-0.2, -0.15) is 5.26 Å². The highest BCUT2D eigenvalue weighted by Gasteiger charge is 2.33. The lowest BCUT2D eigenvalue weighted by Gasteiger charge is -2.25. The van der Waals surface area contributed by atoms with E-state index in [1.807, 2.05) is 43.3 Å². The van der Waals surface area contributed by atoms with E-state index in [0.29, 0.717) is 12.8 Å². The molecule has 0 heterocycles. The number of rotatable bonds is 7. The number of benzene rings is 1. The van der Waals surface area contributed by atoms with Crippen molar-refractivity contribution in [2.75, 3.05) is 0 Å². The molecule has 0 radical (unpaired) electrons. The molecule has 0 aromatic heterocycles. The number of nitriles is 1. The third-order valence-electron chi connectivity index (χ3n) is 2.63. The molecule has 0 saturated heterocycles. The number of nitrogens with two attached hydrogens (primary N) is 1. The van der Waals surface area contributed by atoms with Crippen molar-refractivity contribution in [3.05, 3.63) is 35.9 Å². The molecule has 1 atom stereocenters. The van der Waals surface area contributed by atoms with E-state index in [4.69, 9.17) is 15.7 Å². The average molecular weight is 246 g/mol. The number of ether oxygens (including phenoxy) is 1. The van der Waals surface area contributed by atoms with Crippen molar-refractivity contribution in [3.63, 3.8) is 0 Å². The number of carbonyl (C=O) groups excluding carboxylic acids is 1. The fourth-order valence-electron chi connectivity index (χ4n) is 1.57. The molecule has 4 heteroatoms. The molecule has 18 heavy (non-hydrogen) atoms. The molecular weight excluding hydrogens is 228 g/mol. The van der Waals surface area contributed by atoms with Gasteiger partial charge in [0.05, 0.1) is 19.1 Å². The molecule has 0 aliphatic rings. The summed E-state index contributed by atoms with van der Waals surface area (Å²) in [5.41, 5.74) is 5.33. The largest absolute Gasteiger partial charge is 0.348 e.